The number of anilines is 1. The SMILES string of the molecule is CC(C1CC1)N(C)c1ccc(/C=C/C(=O)O)cc1[N+](=O)[O-]. The predicted molar refractivity (Wildman–Crippen MR) is 80.4 cm³/mol. The Morgan fingerprint density at radius 3 is 2.71 bits per heavy atom. The molecule has 1 N–H and O–H groups in total. The summed E-state index contributed by atoms with van der Waals surface area (Å²) >= 11 is 0. The molecule has 1 fully saturated rings. The fourth-order valence-corrected chi connectivity index (χ4v) is 2.37. The quantitative estimate of drug-likeness (QED) is 0.494. The Labute approximate surface area is 122 Å². The lowest BCUT2D eigenvalue weighted by Crippen LogP contribution is -2.31. The van der Waals surface area contributed by atoms with Gasteiger partial charge in [0.25, 0.3) is 5.69 Å². The Balaban J connectivity index is 2.32. The van der Waals surface area contributed by atoms with Crippen molar-refractivity contribution in [1.29, 1.82) is 0 Å². The van der Waals surface area contributed by atoms with Crippen LogP contribution in [-0.4, -0.2) is 29.1 Å². The molecular weight excluding hydrogens is 272 g/mol. The van der Waals surface area contributed by atoms with Gasteiger partial charge in [-0.1, -0.05) is 6.07 Å². The van der Waals surface area contributed by atoms with Crippen molar-refractivity contribution in [2.75, 3.05) is 11.9 Å². The summed E-state index contributed by atoms with van der Waals surface area (Å²) in [6, 6.07) is 5.03. The summed E-state index contributed by atoms with van der Waals surface area (Å²) in [6.45, 7) is 2.07. The molecule has 0 spiro atoms. The van der Waals surface area contributed by atoms with Crippen LogP contribution < -0.4 is 4.90 Å². The molecule has 1 unspecified atom stereocenters. The number of benzene rings is 1. The second kappa shape index (κ2) is 5.95. The number of hydrogen-bond donors (Lipinski definition) is 1. The minimum atomic E-state index is -1.08. The molecule has 0 aliphatic heterocycles. The van der Waals surface area contributed by atoms with Crippen LogP contribution in [0.2, 0.25) is 0 Å². The summed E-state index contributed by atoms with van der Waals surface area (Å²) < 4.78 is 0. The average molecular weight is 290 g/mol. The number of rotatable bonds is 6. The van der Waals surface area contributed by atoms with Crippen LogP contribution in [0.1, 0.15) is 25.3 Å². The van der Waals surface area contributed by atoms with Crippen LogP contribution in [0, 0.1) is 16.0 Å². The van der Waals surface area contributed by atoms with Crippen molar-refractivity contribution in [1.82, 2.24) is 0 Å². The van der Waals surface area contributed by atoms with Crippen molar-refractivity contribution in [2.45, 2.75) is 25.8 Å². The van der Waals surface area contributed by atoms with E-state index >= 15 is 0 Å². The number of carboxylic acid groups (broad SMARTS) is 1. The Morgan fingerprint density at radius 2 is 2.19 bits per heavy atom. The van der Waals surface area contributed by atoms with Crippen molar-refractivity contribution in [3.63, 3.8) is 0 Å². The van der Waals surface area contributed by atoms with Gasteiger partial charge in [-0.2, -0.15) is 0 Å². The van der Waals surface area contributed by atoms with Crippen molar-refractivity contribution in [2.24, 2.45) is 5.92 Å². The van der Waals surface area contributed by atoms with Crippen LogP contribution >= 0.6 is 0 Å². The Bertz CT molecular complexity index is 593. The average Bonchev–Trinajstić information content (AvgIpc) is 3.27. The zero-order chi connectivity index (χ0) is 15.6. The fourth-order valence-electron chi connectivity index (χ4n) is 2.37. The Morgan fingerprint density at radius 1 is 1.52 bits per heavy atom. The molecule has 6 heteroatoms. The number of hydrogen-bond acceptors (Lipinski definition) is 4. The smallest absolute Gasteiger partial charge is 0.328 e. The summed E-state index contributed by atoms with van der Waals surface area (Å²) in [5.74, 6) is -0.484. The third-order valence-electron chi connectivity index (χ3n) is 3.91. The lowest BCUT2D eigenvalue weighted by atomic mass is 10.1. The highest BCUT2D eigenvalue weighted by Crippen LogP contribution is 2.38. The van der Waals surface area contributed by atoms with Gasteiger partial charge in [0.1, 0.15) is 5.69 Å². The van der Waals surface area contributed by atoms with Crippen molar-refractivity contribution in [3.8, 4) is 0 Å². The van der Waals surface area contributed by atoms with E-state index in [1.807, 2.05) is 11.9 Å². The van der Waals surface area contributed by atoms with Gasteiger partial charge in [-0.15, -0.1) is 0 Å². The van der Waals surface area contributed by atoms with Crippen LogP contribution in [-0.2, 0) is 4.79 Å². The number of nitro groups is 1. The van der Waals surface area contributed by atoms with E-state index in [0.717, 1.165) is 6.08 Å². The zero-order valence-corrected chi connectivity index (χ0v) is 12.0. The van der Waals surface area contributed by atoms with Gasteiger partial charge in [0.05, 0.1) is 4.92 Å². The third kappa shape index (κ3) is 3.59. The van der Waals surface area contributed by atoms with Crippen LogP contribution in [0.4, 0.5) is 11.4 Å². The van der Waals surface area contributed by atoms with E-state index in [1.54, 1.807) is 12.1 Å². The van der Waals surface area contributed by atoms with E-state index < -0.39 is 10.9 Å². The summed E-state index contributed by atoms with van der Waals surface area (Å²) in [4.78, 5) is 23.3. The lowest BCUT2D eigenvalue weighted by molar-refractivity contribution is -0.384. The minimum absolute atomic E-state index is 0.00228. The minimum Gasteiger partial charge on any atom is -0.478 e. The van der Waals surface area contributed by atoms with E-state index in [0.29, 0.717) is 17.2 Å². The summed E-state index contributed by atoms with van der Waals surface area (Å²) in [5, 5.41) is 19.9. The molecule has 0 bridgehead atoms. The molecule has 1 aliphatic rings. The van der Waals surface area contributed by atoms with Crippen LogP contribution in [0.3, 0.4) is 0 Å². The van der Waals surface area contributed by atoms with Gasteiger partial charge >= 0.3 is 5.97 Å². The van der Waals surface area contributed by atoms with E-state index in [2.05, 4.69) is 6.92 Å². The van der Waals surface area contributed by atoms with E-state index in [-0.39, 0.29) is 11.7 Å². The molecule has 0 heterocycles. The molecule has 0 saturated heterocycles. The first-order valence-corrected chi connectivity index (χ1v) is 6.82. The van der Waals surface area contributed by atoms with Crippen LogP contribution in [0.25, 0.3) is 6.08 Å². The molecule has 6 nitrogen and oxygen atoms in total. The Kier molecular flexibility index (Phi) is 4.26. The molecule has 1 saturated carbocycles. The highest BCUT2D eigenvalue weighted by molar-refractivity contribution is 5.85. The molecule has 1 atom stereocenters. The number of aliphatic carboxylic acids is 1. The van der Waals surface area contributed by atoms with Crippen molar-refractivity contribution in [3.05, 3.63) is 40.0 Å². The first-order chi connectivity index (χ1) is 9.90. The highest BCUT2D eigenvalue weighted by atomic mass is 16.6. The topological polar surface area (TPSA) is 83.7 Å². The van der Waals surface area contributed by atoms with Gasteiger partial charge < -0.3 is 10.0 Å². The first-order valence-electron chi connectivity index (χ1n) is 6.82. The van der Waals surface area contributed by atoms with Gasteiger partial charge in [0, 0.05) is 25.2 Å². The number of carboxylic acids is 1. The number of carbonyl (C=O) groups is 1. The molecular formula is C15H18N2O4. The fraction of sp³-hybridized carbons (Fsp3) is 0.400. The maximum atomic E-state index is 11.3. The third-order valence-corrected chi connectivity index (χ3v) is 3.91. The van der Waals surface area contributed by atoms with E-state index in [1.165, 1.54) is 25.0 Å². The van der Waals surface area contributed by atoms with Gasteiger partial charge in [-0.05, 0) is 43.4 Å². The van der Waals surface area contributed by atoms with Crippen LogP contribution in [0.5, 0.6) is 0 Å². The molecule has 1 aromatic carbocycles. The number of nitro benzene ring substituents is 1. The molecule has 2 rings (SSSR count). The molecule has 0 aromatic heterocycles. The maximum absolute atomic E-state index is 11.3. The van der Waals surface area contributed by atoms with Gasteiger partial charge in [-0.25, -0.2) is 4.79 Å². The maximum Gasteiger partial charge on any atom is 0.328 e. The normalized spacial score (nSPS) is 15.9. The molecule has 0 radical (unpaired) electrons. The lowest BCUT2D eigenvalue weighted by Gasteiger charge is -2.26. The van der Waals surface area contributed by atoms with Gasteiger partial charge in [0.15, 0.2) is 0 Å². The monoisotopic (exact) mass is 290 g/mol. The molecule has 0 amide bonds. The standard InChI is InChI=1S/C15H18N2O4/c1-10(12-5-6-12)16(2)13-7-3-11(4-8-15(18)19)9-14(13)17(20)21/h3-4,7-10,12H,5-6H2,1-2H3,(H,18,19)/b8-4+. The molecule has 1 aromatic rings. The first kappa shape index (κ1) is 15.0. The molecule has 112 valence electrons. The molecule has 21 heavy (non-hydrogen) atoms. The zero-order valence-electron chi connectivity index (χ0n) is 12.0. The predicted octanol–water partition coefficient (Wildman–Crippen LogP) is 2.93. The van der Waals surface area contributed by atoms with Crippen molar-refractivity contribution >= 4 is 23.4 Å². The highest BCUT2D eigenvalue weighted by Gasteiger charge is 2.32. The Hall–Kier alpha value is -2.37. The number of nitrogens with zero attached hydrogens (tertiary/aromatic N) is 2. The van der Waals surface area contributed by atoms with Crippen molar-refractivity contribution < 1.29 is 14.8 Å². The van der Waals surface area contributed by atoms with Crippen LogP contribution in [0.15, 0.2) is 24.3 Å². The summed E-state index contributed by atoms with van der Waals surface area (Å²) in [5.41, 5.74) is 1.06. The molecule has 1 aliphatic carbocycles. The second-order valence-corrected chi connectivity index (χ2v) is 5.37. The largest absolute Gasteiger partial charge is 0.478 e. The second-order valence-electron chi connectivity index (χ2n) is 5.37. The van der Waals surface area contributed by atoms with E-state index in [9.17, 15) is 14.9 Å². The van der Waals surface area contributed by atoms with E-state index in [4.69, 9.17) is 5.11 Å². The van der Waals surface area contributed by atoms with Gasteiger partial charge in [-0.3, -0.25) is 10.1 Å². The summed E-state index contributed by atoms with van der Waals surface area (Å²) in [7, 11) is 1.86. The van der Waals surface area contributed by atoms with Gasteiger partial charge in [0.2, 0.25) is 0 Å². The summed E-state index contributed by atoms with van der Waals surface area (Å²) in [6.07, 6.45) is 4.65.